The number of hydrogen-bond donors (Lipinski definition) is 3. The van der Waals surface area contributed by atoms with Crippen molar-refractivity contribution in [1.29, 1.82) is 0 Å². The van der Waals surface area contributed by atoms with Gasteiger partial charge in [0.2, 0.25) is 0 Å². The number of carbonyl (C=O) groups excluding carboxylic acids is 2. The van der Waals surface area contributed by atoms with Crippen molar-refractivity contribution in [3.05, 3.63) is 58.7 Å². The molecule has 0 saturated heterocycles. The van der Waals surface area contributed by atoms with Crippen molar-refractivity contribution in [1.82, 2.24) is 15.2 Å². The third kappa shape index (κ3) is 2.47. The van der Waals surface area contributed by atoms with Gasteiger partial charge >= 0.3 is 0 Å². The van der Waals surface area contributed by atoms with Crippen LogP contribution in [-0.2, 0) is 4.79 Å². The van der Waals surface area contributed by atoms with Crippen LogP contribution in [0.4, 0.5) is 5.69 Å². The zero-order chi connectivity index (χ0) is 18.4. The van der Waals surface area contributed by atoms with Gasteiger partial charge in [-0.15, -0.1) is 0 Å². The SMILES string of the molecule is CC(=O)c1c(C)[nH]c(/C=C2\C(=O)Nc3ccc(-c4cn[nH]c4)cc32)c1C. The number of ketones is 1. The molecule has 6 nitrogen and oxygen atoms in total. The van der Waals surface area contributed by atoms with Crippen LogP contribution in [0.3, 0.4) is 0 Å². The summed E-state index contributed by atoms with van der Waals surface area (Å²) < 4.78 is 0. The van der Waals surface area contributed by atoms with E-state index in [-0.39, 0.29) is 11.7 Å². The Morgan fingerprint density at radius 2 is 2.00 bits per heavy atom. The van der Waals surface area contributed by atoms with Crippen molar-refractivity contribution in [3.8, 4) is 11.1 Å². The van der Waals surface area contributed by atoms with Crippen molar-refractivity contribution in [2.45, 2.75) is 20.8 Å². The van der Waals surface area contributed by atoms with Gasteiger partial charge in [0.1, 0.15) is 0 Å². The van der Waals surface area contributed by atoms with Gasteiger partial charge in [0.25, 0.3) is 5.91 Å². The van der Waals surface area contributed by atoms with Gasteiger partial charge in [0.15, 0.2) is 5.78 Å². The van der Waals surface area contributed by atoms with E-state index in [9.17, 15) is 9.59 Å². The van der Waals surface area contributed by atoms with E-state index in [0.717, 1.165) is 39.3 Å². The maximum Gasteiger partial charge on any atom is 0.256 e. The van der Waals surface area contributed by atoms with Gasteiger partial charge in [-0.3, -0.25) is 14.7 Å². The highest BCUT2D eigenvalue weighted by atomic mass is 16.2. The standard InChI is InChI=1S/C20H18N4O2/c1-10-18(23-11(2)19(10)12(3)25)7-16-15-6-13(14-8-21-22-9-14)4-5-17(15)24-20(16)26/h4-9,23H,1-3H3,(H,21,22)(H,24,26)/b16-7-. The zero-order valence-electron chi connectivity index (χ0n) is 14.7. The summed E-state index contributed by atoms with van der Waals surface area (Å²) in [7, 11) is 0. The number of carbonyl (C=O) groups is 2. The Hall–Kier alpha value is -3.41. The third-order valence-corrected chi connectivity index (χ3v) is 4.75. The zero-order valence-corrected chi connectivity index (χ0v) is 14.7. The number of rotatable bonds is 3. The highest BCUT2D eigenvalue weighted by molar-refractivity contribution is 6.35. The number of amides is 1. The number of aryl methyl sites for hydroxylation is 1. The fourth-order valence-electron chi connectivity index (χ4n) is 3.51. The molecule has 0 radical (unpaired) electrons. The summed E-state index contributed by atoms with van der Waals surface area (Å²) in [6.07, 6.45) is 5.37. The Bertz CT molecular complexity index is 1070. The van der Waals surface area contributed by atoms with E-state index >= 15 is 0 Å². The van der Waals surface area contributed by atoms with E-state index in [1.165, 1.54) is 0 Å². The maximum atomic E-state index is 12.5. The number of aromatic nitrogens is 3. The summed E-state index contributed by atoms with van der Waals surface area (Å²) in [6, 6.07) is 5.82. The van der Waals surface area contributed by atoms with E-state index in [0.29, 0.717) is 11.1 Å². The molecule has 0 atom stereocenters. The lowest BCUT2D eigenvalue weighted by Crippen LogP contribution is -2.03. The minimum atomic E-state index is -0.152. The number of anilines is 1. The fraction of sp³-hybridized carbons (Fsp3) is 0.150. The van der Waals surface area contributed by atoms with Gasteiger partial charge in [-0.1, -0.05) is 6.07 Å². The van der Waals surface area contributed by atoms with Crippen molar-refractivity contribution in [3.63, 3.8) is 0 Å². The van der Waals surface area contributed by atoms with E-state index in [1.54, 1.807) is 13.1 Å². The number of Topliss-reactive ketones (excluding diaryl/α,β-unsaturated/α-hetero) is 1. The molecule has 3 N–H and O–H groups in total. The van der Waals surface area contributed by atoms with E-state index in [4.69, 9.17) is 0 Å². The van der Waals surface area contributed by atoms with Gasteiger partial charge in [-0.25, -0.2) is 0 Å². The Morgan fingerprint density at radius 1 is 1.19 bits per heavy atom. The quantitative estimate of drug-likeness (QED) is 0.499. The second-order valence-electron chi connectivity index (χ2n) is 6.48. The van der Waals surface area contributed by atoms with Crippen LogP contribution < -0.4 is 5.32 Å². The van der Waals surface area contributed by atoms with Crippen LogP contribution in [0, 0.1) is 13.8 Å². The first kappa shape index (κ1) is 16.1. The van der Waals surface area contributed by atoms with Crippen molar-refractivity contribution < 1.29 is 9.59 Å². The minimum Gasteiger partial charge on any atom is -0.358 e. The molecule has 1 aliphatic rings. The molecule has 3 heterocycles. The van der Waals surface area contributed by atoms with E-state index < -0.39 is 0 Å². The van der Waals surface area contributed by atoms with Crippen LogP contribution in [-0.4, -0.2) is 26.9 Å². The first-order chi connectivity index (χ1) is 12.5. The van der Waals surface area contributed by atoms with Crippen molar-refractivity contribution in [2.75, 3.05) is 5.32 Å². The second-order valence-corrected chi connectivity index (χ2v) is 6.48. The summed E-state index contributed by atoms with van der Waals surface area (Å²) in [5.74, 6) is -0.139. The maximum absolute atomic E-state index is 12.5. The number of benzene rings is 1. The molecular weight excluding hydrogens is 328 g/mol. The van der Waals surface area contributed by atoms with Crippen molar-refractivity contribution in [2.24, 2.45) is 0 Å². The average Bonchev–Trinajstić information content (AvgIpc) is 3.28. The summed E-state index contributed by atoms with van der Waals surface area (Å²) in [5.41, 5.74) is 7.25. The predicted molar refractivity (Wildman–Crippen MR) is 101 cm³/mol. The Labute approximate surface area is 150 Å². The lowest BCUT2D eigenvalue weighted by atomic mass is 9.99. The van der Waals surface area contributed by atoms with E-state index in [1.807, 2.05) is 44.3 Å². The molecule has 0 spiro atoms. The lowest BCUT2D eigenvalue weighted by molar-refractivity contribution is -0.110. The predicted octanol–water partition coefficient (Wildman–Crippen LogP) is 3.72. The lowest BCUT2D eigenvalue weighted by Gasteiger charge is -2.03. The molecule has 0 unspecified atom stereocenters. The fourth-order valence-corrected chi connectivity index (χ4v) is 3.51. The molecule has 0 bridgehead atoms. The molecule has 1 aromatic carbocycles. The van der Waals surface area contributed by atoms with Gasteiger partial charge in [0.05, 0.1) is 11.8 Å². The number of H-pyrrole nitrogens is 2. The van der Waals surface area contributed by atoms with Crippen LogP contribution >= 0.6 is 0 Å². The van der Waals surface area contributed by atoms with Crippen LogP contribution in [0.25, 0.3) is 22.8 Å². The summed E-state index contributed by atoms with van der Waals surface area (Å²) in [5, 5.41) is 9.67. The molecular formula is C20H18N4O2. The number of aromatic amines is 2. The largest absolute Gasteiger partial charge is 0.358 e. The molecule has 6 heteroatoms. The minimum absolute atomic E-state index is 0.0133. The van der Waals surface area contributed by atoms with Gasteiger partial charge in [0, 0.05) is 40.0 Å². The molecule has 0 aliphatic carbocycles. The van der Waals surface area contributed by atoms with Crippen LogP contribution in [0.15, 0.2) is 30.6 Å². The van der Waals surface area contributed by atoms with Crippen LogP contribution in [0.1, 0.15) is 39.8 Å². The summed E-state index contributed by atoms with van der Waals surface area (Å²) in [6.45, 7) is 5.31. The summed E-state index contributed by atoms with van der Waals surface area (Å²) >= 11 is 0. The first-order valence-electron chi connectivity index (χ1n) is 8.32. The molecule has 0 fully saturated rings. The number of nitrogens with one attached hydrogen (secondary N) is 3. The molecule has 1 aliphatic heterocycles. The number of hydrogen-bond acceptors (Lipinski definition) is 3. The van der Waals surface area contributed by atoms with E-state index in [2.05, 4.69) is 20.5 Å². The van der Waals surface area contributed by atoms with Gasteiger partial charge in [-0.2, -0.15) is 5.10 Å². The Kier molecular flexibility index (Phi) is 3.61. The highest BCUT2D eigenvalue weighted by Crippen LogP contribution is 2.36. The molecule has 3 aromatic rings. The molecule has 2 aromatic heterocycles. The smallest absolute Gasteiger partial charge is 0.256 e. The normalized spacial score (nSPS) is 14.6. The topological polar surface area (TPSA) is 90.6 Å². The van der Waals surface area contributed by atoms with Crippen LogP contribution in [0.2, 0.25) is 0 Å². The number of fused-ring (bicyclic) bond motifs is 1. The average molecular weight is 346 g/mol. The molecule has 1 amide bonds. The Balaban J connectivity index is 1.83. The molecule has 26 heavy (non-hydrogen) atoms. The van der Waals surface area contributed by atoms with Crippen LogP contribution in [0.5, 0.6) is 0 Å². The second kappa shape index (κ2) is 5.84. The summed E-state index contributed by atoms with van der Waals surface area (Å²) in [4.78, 5) is 27.6. The van der Waals surface area contributed by atoms with Gasteiger partial charge < -0.3 is 10.3 Å². The third-order valence-electron chi connectivity index (χ3n) is 4.75. The number of nitrogens with zero attached hydrogens (tertiary/aromatic N) is 1. The first-order valence-corrected chi connectivity index (χ1v) is 8.32. The highest BCUT2D eigenvalue weighted by Gasteiger charge is 2.25. The molecule has 4 rings (SSSR count). The molecule has 0 saturated carbocycles. The van der Waals surface area contributed by atoms with Gasteiger partial charge in [-0.05, 0) is 50.1 Å². The van der Waals surface area contributed by atoms with Crippen molar-refractivity contribution >= 4 is 29.0 Å². The molecule has 130 valence electrons. The Morgan fingerprint density at radius 3 is 2.65 bits per heavy atom. The monoisotopic (exact) mass is 346 g/mol.